The first-order valence-electron chi connectivity index (χ1n) is 5.19. The lowest BCUT2D eigenvalue weighted by Gasteiger charge is -2.13. The number of hydrogen-bond acceptors (Lipinski definition) is 5. The molecule has 0 aliphatic rings. The summed E-state index contributed by atoms with van der Waals surface area (Å²) in [5.41, 5.74) is -0.684. The predicted octanol–water partition coefficient (Wildman–Crippen LogP) is 1.76. The van der Waals surface area contributed by atoms with Crippen LogP contribution < -0.4 is 5.32 Å². The second-order valence-corrected chi connectivity index (χ2v) is 10.3. The topological polar surface area (TPSA) is 80.3 Å². The molecule has 114 valence electrons. The summed E-state index contributed by atoms with van der Waals surface area (Å²) in [6, 6.07) is 2.75. The Balaban J connectivity index is 3.06. The fourth-order valence-electron chi connectivity index (χ4n) is 1.26. The van der Waals surface area contributed by atoms with Crippen LogP contribution in [-0.2, 0) is 23.9 Å². The summed E-state index contributed by atoms with van der Waals surface area (Å²) in [6.07, 6.45) is -4.05. The minimum absolute atomic E-state index is 0.0907. The molecule has 0 amide bonds. The Kier molecular flexibility index (Phi) is 4.39. The highest BCUT2D eigenvalue weighted by molar-refractivity contribution is 8.66. The van der Waals surface area contributed by atoms with E-state index in [1.807, 2.05) is 0 Å². The SMILES string of the molecule is Cc1ccc(C(F)(F)F)cc1NCS(=O)(=O)S(C)(=O)=O. The van der Waals surface area contributed by atoms with Gasteiger partial charge in [0.2, 0.25) is 0 Å². The first-order chi connectivity index (χ1) is 8.84. The summed E-state index contributed by atoms with van der Waals surface area (Å²) in [7, 11) is -8.82. The Morgan fingerprint density at radius 2 is 1.70 bits per heavy atom. The molecule has 1 aromatic rings. The average Bonchev–Trinajstić information content (AvgIpc) is 2.24. The molecule has 0 fully saturated rings. The lowest BCUT2D eigenvalue weighted by atomic mass is 10.1. The fourth-order valence-corrected chi connectivity index (χ4v) is 2.63. The van der Waals surface area contributed by atoms with Crippen molar-refractivity contribution in [1.29, 1.82) is 0 Å². The van der Waals surface area contributed by atoms with Crippen molar-refractivity contribution in [3.8, 4) is 0 Å². The summed E-state index contributed by atoms with van der Waals surface area (Å²) in [5, 5.41) is 2.21. The molecule has 0 aliphatic heterocycles. The number of benzene rings is 1. The lowest BCUT2D eigenvalue weighted by Crippen LogP contribution is -2.22. The molecule has 0 atom stereocenters. The minimum Gasteiger partial charge on any atom is -0.370 e. The third-order valence-corrected chi connectivity index (χ3v) is 7.01. The van der Waals surface area contributed by atoms with Crippen molar-refractivity contribution in [2.24, 2.45) is 0 Å². The van der Waals surface area contributed by atoms with Gasteiger partial charge in [-0.3, -0.25) is 0 Å². The van der Waals surface area contributed by atoms with Crippen LogP contribution in [0.1, 0.15) is 11.1 Å². The van der Waals surface area contributed by atoms with Gasteiger partial charge in [-0.1, -0.05) is 6.07 Å². The summed E-state index contributed by atoms with van der Waals surface area (Å²) in [4.78, 5) is 0. The lowest BCUT2D eigenvalue weighted by molar-refractivity contribution is -0.137. The maximum absolute atomic E-state index is 12.5. The van der Waals surface area contributed by atoms with Gasteiger partial charge in [0.15, 0.2) is 0 Å². The quantitative estimate of drug-likeness (QED) is 0.850. The van der Waals surface area contributed by atoms with Gasteiger partial charge < -0.3 is 5.32 Å². The van der Waals surface area contributed by atoms with Crippen molar-refractivity contribution < 1.29 is 30.0 Å². The largest absolute Gasteiger partial charge is 0.416 e. The van der Waals surface area contributed by atoms with E-state index in [-0.39, 0.29) is 5.69 Å². The highest BCUT2D eigenvalue weighted by atomic mass is 33.2. The van der Waals surface area contributed by atoms with E-state index in [0.717, 1.165) is 18.2 Å². The maximum Gasteiger partial charge on any atom is 0.416 e. The highest BCUT2D eigenvalue weighted by Crippen LogP contribution is 2.32. The molecular weight excluding hydrogens is 319 g/mol. The zero-order valence-corrected chi connectivity index (χ0v) is 12.2. The van der Waals surface area contributed by atoms with Crippen LogP contribution in [0.2, 0.25) is 0 Å². The molecular formula is C10H12F3NO4S2. The van der Waals surface area contributed by atoms with E-state index in [4.69, 9.17) is 0 Å². The molecule has 0 unspecified atom stereocenters. The molecule has 1 aromatic carbocycles. The summed E-state index contributed by atoms with van der Waals surface area (Å²) in [6.45, 7) is 1.47. The Morgan fingerprint density at radius 1 is 1.15 bits per heavy atom. The van der Waals surface area contributed by atoms with Gasteiger partial charge in [-0.15, -0.1) is 0 Å². The van der Waals surface area contributed by atoms with E-state index in [1.54, 1.807) is 0 Å². The maximum atomic E-state index is 12.5. The van der Waals surface area contributed by atoms with Crippen LogP contribution in [0.5, 0.6) is 0 Å². The Bertz CT molecular complexity index is 709. The molecule has 0 heterocycles. The summed E-state index contributed by atoms with van der Waals surface area (Å²) >= 11 is 0. The second-order valence-electron chi connectivity index (χ2n) is 4.11. The van der Waals surface area contributed by atoms with E-state index in [0.29, 0.717) is 11.8 Å². The molecule has 0 saturated carbocycles. The molecule has 0 bridgehead atoms. The number of aryl methyl sites for hydroxylation is 1. The number of nitrogens with one attached hydrogen (secondary N) is 1. The van der Waals surface area contributed by atoms with Gasteiger partial charge in [0.1, 0.15) is 5.88 Å². The smallest absolute Gasteiger partial charge is 0.370 e. The molecule has 1 N–H and O–H groups in total. The van der Waals surface area contributed by atoms with E-state index in [9.17, 15) is 30.0 Å². The minimum atomic E-state index is -4.57. The van der Waals surface area contributed by atoms with E-state index in [2.05, 4.69) is 5.32 Å². The molecule has 20 heavy (non-hydrogen) atoms. The zero-order valence-electron chi connectivity index (χ0n) is 10.5. The number of alkyl halides is 3. The van der Waals surface area contributed by atoms with E-state index >= 15 is 0 Å². The molecule has 5 nitrogen and oxygen atoms in total. The van der Waals surface area contributed by atoms with Crippen molar-refractivity contribution in [2.75, 3.05) is 17.4 Å². The highest BCUT2D eigenvalue weighted by Gasteiger charge is 2.31. The van der Waals surface area contributed by atoms with Crippen molar-refractivity contribution >= 4 is 23.4 Å². The zero-order chi connectivity index (χ0) is 15.8. The number of hydrogen-bond donors (Lipinski definition) is 1. The molecule has 1 rings (SSSR count). The van der Waals surface area contributed by atoms with E-state index in [1.165, 1.54) is 6.92 Å². The first-order valence-corrected chi connectivity index (χ1v) is 9.25. The van der Waals surface area contributed by atoms with Crippen molar-refractivity contribution in [3.63, 3.8) is 0 Å². The van der Waals surface area contributed by atoms with Gasteiger partial charge in [0.25, 0.3) is 17.7 Å². The van der Waals surface area contributed by atoms with Crippen LogP contribution in [0.3, 0.4) is 0 Å². The van der Waals surface area contributed by atoms with Gasteiger partial charge in [0, 0.05) is 5.69 Å². The standard InChI is InChI=1S/C10H12F3NO4S2/c1-7-3-4-8(10(11,12)13)5-9(7)14-6-20(17,18)19(2,15)16/h3-5,14H,6H2,1-2H3. The second kappa shape index (κ2) is 5.24. The predicted molar refractivity (Wildman–Crippen MR) is 68.4 cm³/mol. The van der Waals surface area contributed by atoms with Gasteiger partial charge in [0.05, 0.1) is 11.8 Å². The molecule has 0 radical (unpaired) electrons. The van der Waals surface area contributed by atoms with Crippen LogP contribution in [0.4, 0.5) is 18.9 Å². The Morgan fingerprint density at radius 3 is 2.15 bits per heavy atom. The number of anilines is 1. The number of halogens is 3. The fraction of sp³-hybridized carbons (Fsp3) is 0.400. The average molecular weight is 331 g/mol. The molecule has 0 aliphatic carbocycles. The van der Waals surface area contributed by atoms with E-state index < -0.39 is 35.4 Å². The first kappa shape index (κ1) is 16.8. The normalized spacial score (nSPS) is 13.2. The van der Waals surface area contributed by atoms with Crippen molar-refractivity contribution in [3.05, 3.63) is 29.3 Å². The number of rotatable bonds is 4. The summed E-state index contributed by atoms with van der Waals surface area (Å²) in [5.74, 6) is -0.992. The third-order valence-electron chi connectivity index (χ3n) is 2.47. The Hall–Kier alpha value is -1.29. The Labute approximate surface area is 114 Å². The molecule has 10 heteroatoms. The van der Waals surface area contributed by atoms with Gasteiger partial charge in [-0.2, -0.15) is 13.2 Å². The van der Waals surface area contributed by atoms with Gasteiger partial charge in [-0.25, -0.2) is 16.8 Å². The van der Waals surface area contributed by atoms with Gasteiger partial charge in [-0.05, 0) is 24.6 Å². The third kappa shape index (κ3) is 3.85. The van der Waals surface area contributed by atoms with Crippen LogP contribution in [0.25, 0.3) is 0 Å². The van der Waals surface area contributed by atoms with Gasteiger partial charge >= 0.3 is 6.18 Å². The van der Waals surface area contributed by atoms with Crippen LogP contribution in [0.15, 0.2) is 18.2 Å². The molecule has 0 spiro atoms. The van der Waals surface area contributed by atoms with Crippen LogP contribution in [-0.4, -0.2) is 29.0 Å². The molecule has 0 saturated heterocycles. The summed E-state index contributed by atoms with van der Waals surface area (Å²) < 4.78 is 82.2. The van der Waals surface area contributed by atoms with Crippen LogP contribution in [0, 0.1) is 6.92 Å². The van der Waals surface area contributed by atoms with Crippen molar-refractivity contribution in [1.82, 2.24) is 0 Å². The van der Waals surface area contributed by atoms with Crippen molar-refractivity contribution in [2.45, 2.75) is 13.1 Å². The van der Waals surface area contributed by atoms with Crippen LogP contribution >= 0.6 is 0 Å². The monoisotopic (exact) mass is 331 g/mol. The molecule has 0 aromatic heterocycles.